The fraction of sp³-hybridized carbons (Fsp3) is 0.667. The van der Waals surface area contributed by atoms with Crippen molar-refractivity contribution in [2.24, 2.45) is 0 Å². The zero-order chi connectivity index (χ0) is 17.4. The molecule has 1 aromatic heterocycles. The second-order valence-corrected chi connectivity index (χ2v) is 7.44. The average Bonchev–Trinajstić information content (AvgIpc) is 2.96. The van der Waals surface area contributed by atoms with Crippen LogP contribution in [0.25, 0.3) is 0 Å². The summed E-state index contributed by atoms with van der Waals surface area (Å²) < 4.78 is 7.75. The van der Waals surface area contributed by atoms with Crippen LogP contribution in [-0.2, 0) is 4.74 Å². The molecule has 0 spiro atoms. The zero-order valence-corrected chi connectivity index (χ0v) is 15.6. The number of anilines is 1. The molecule has 0 radical (unpaired) electrons. The molecule has 1 fully saturated rings. The van der Waals surface area contributed by atoms with Gasteiger partial charge in [-0.25, -0.2) is 9.48 Å². The van der Waals surface area contributed by atoms with Crippen LogP contribution >= 0.6 is 15.9 Å². The summed E-state index contributed by atoms with van der Waals surface area (Å²) >= 11 is 3.32. The smallest absolute Gasteiger partial charge is 0.410 e. The summed E-state index contributed by atoms with van der Waals surface area (Å²) in [7, 11) is 1.75. The van der Waals surface area contributed by atoms with Crippen molar-refractivity contribution in [1.82, 2.24) is 14.7 Å². The lowest BCUT2D eigenvalue weighted by atomic mass is 10.2. The van der Waals surface area contributed by atoms with E-state index in [4.69, 9.17) is 4.74 Å². The van der Waals surface area contributed by atoms with Crippen LogP contribution < -0.4 is 5.32 Å². The molecule has 1 aliphatic rings. The monoisotopic (exact) mass is 383 g/mol. The summed E-state index contributed by atoms with van der Waals surface area (Å²) in [5.74, 6) is 0.655. The van der Waals surface area contributed by atoms with Gasteiger partial charge in [-0.1, -0.05) is 0 Å². The SMILES string of the molecule is CNc1c(C#N)c(Br)nn1[C@H]1C[C@H](C)N(C(=O)OC(C)(C)C)C1. The maximum Gasteiger partial charge on any atom is 0.410 e. The molecule has 1 aliphatic heterocycles. The van der Waals surface area contributed by atoms with E-state index in [1.54, 1.807) is 16.6 Å². The van der Waals surface area contributed by atoms with Crippen molar-refractivity contribution in [2.75, 3.05) is 18.9 Å². The van der Waals surface area contributed by atoms with Crippen molar-refractivity contribution in [3.05, 3.63) is 10.2 Å². The largest absolute Gasteiger partial charge is 0.444 e. The Balaban J connectivity index is 2.22. The van der Waals surface area contributed by atoms with E-state index in [1.807, 2.05) is 27.7 Å². The van der Waals surface area contributed by atoms with E-state index in [9.17, 15) is 10.1 Å². The van der Waals surface area contributed by atoms with Crippen LogP contribution in [0.2, 0.25) is 0 Å². The third-order valence-corrected chi connectivity index (χ3v) is 4.30. The van der Waals surface area contributed by atoms with Crippen molar-refractivity contribution in [3.63, 3.8) is 0 Å². The molecule has 2 atom stereocenters. The highest BCUT2D eigenvalue weighted by Crippen LogP contribution is 2.33. The predicted octanol–water partition coefficient (Wildman–Crippen LogP) is 3.13. The maximum absolute atomic E-state index is 12.3. The van der Waals surface area contributed by atoms with E-state index >= 15 is 0 Å². The quantitative estimate of drug-likeness (QED) is 0.847. The number of amides is 1. The van der Waals surface area contributed by atoms with E-state index < -0.39 is 5.60 Å². The Morgan fingerprint density at radius 2 is 2.17 bits per heavy atom. The molecule has 8 heteroatoms. The average molecular weight is 384 g/mol. The Labute approximate surface area is 144 Å². The lowest BCUT2D eigenvalue weighted by molar-refractivity contribution is 0.0234. The van der Waals surface area contributed by atoms with Gasteiger partial charge >= 0.3 is 6.09 Å². The van der Waals surface area contributed by atoms with Gasteiger partial charge in [-0.2, -0.15) is 10.4 Å². The standard InChI is InChI=1S/C15H22BrN5O2/c1-9-6-10(8-20(9)14(22)23-15(2,3)4)21-13(18-5)11(7-17)12(16)19-21/h9-10,18H,6,8H2,1-5H3/t9-,10-/m0/s1. The fourth-order valence-corrected chi connectivity index (χ4v) is 3.21. The minimum absolute atomic E-state index is 0.00151. The molecule has 0 unspecified atom stereocenters. The lowest BCUT2D eigenvalue weighted by Gasteiger charge is -2.26. The van der Waals surface area contributed by atoms with Crippen molar-refractivity contribution in [1.29, 1.82) is 5.26 Å². The van der Waals surface area contributed by atoms with E-state index in [1.165, 1.54) is 0 Å². The van der Waals surface area contributed by atoms with Crippen LogP contribution in [0.4, 0.5) is 10.6 Å². The molecule has 126 valence electrons. The first-order valence-corrected chi connectivity index (χ1v) is 8.32. The summed E-state index contributed by atoms with van der Waals surface area (Å²) in [4.78, 5) is 14.0. The molecular formula is C15H22BrN5O2. The molecule has 1 aromatic rings. The van der Waals surface area contributed by atoms with Gasteiger partial charge in [-0.15, -0.1) is 0 Å². The Morgan fingerprint density at radius 3 is 2.70 bits per heavy atom. The van der Waals surface area contributed by atoms with Crippen molar-refractivity contribution in [2.45, 2.75) is 51.8 Å². The minimum Gasteiger partial charge on any atom is -0.444 e. The summed E-state index contributed by atoms with van der Waals surface area (Å²) in [6, 6.07) is 2.18. The molecular weight excluding hydrogens is 362 g/mol. The number of likely N-dealkylation sites (tertiary alicyclic amines) is 1. The molecule has 0 saturated carbocycles. The molecule has 0 bridgehead atoms. The molecule has 1 amide bonds. The number of nitriles is 1. The number of nitrogens with one attached hydrogen (secondary N) is 1. The summed E-state index contributed by atoms with van der Waals surface area (Å²) in [5, 5.41) is 16.7. The highest BCUT2D eigenvalue weighted by atomic mass is 79.9. The van der Waals surface area contributed by atoms with Crippen LogP contribution in [0.15, 0.2) is 4.60 Å². The Morgan fingerprint density at radius 1 is 1.52 bits per heavy atom. The number of carbonyl (C=O) groups excluding carboxylic acids is 1. The van der Waals surface area contributed by atoms with Crippen LogP contribution in [0.5, 0.6) is 0 Å². The molecule has 0 aliphatic carbocycles. The van der Waals surface area contributed by atoms with Crippen LogP contribution in [0.3, 0.4) is 0 Å². The number of aromatic nitrogens is 2. The van der Waals surface area contributed by atoms with Crippen molar-refractivity contribution in [3.8, 4) is 6.07 Å². The van der Waals surface area contributed by atoms with Crippen molar-refractivity contribution < 1.29 is 9.53 Å². The molecule has 7 nitrogen and oxygen atoms in total. The first-order valence-electron chi connectivity index (χ1n) is 7.53. The van der Waals surface area contributed by atoms with Gasteiger partial charge in [0.25, 0.3) is 0 Å². The molecule has 0 aromatic carbocycles. The highest BCUT2D eigenvalue weighted by molar-refractivity contribution is 9.10. The van der Waals surface area contributed by atoms with Gasteiger partial charge in [0.15, 0.2) is 0 Å². The number of nitrogens with zero attached hydrogens (tertiary/aromatic N) is 4. The molecule has 1 saturated heterocycles. The van der Waals surface area contributed by atoms with E-state index in [2.05, 4.69) is 32.4 Å². The Hall–Kier alpha value is -1.75. The first kappa shape index (κ1) is 17.6. The second-order valence-electron chi connectivity index (χ2n) is 6.69. The third kappa shape index (κ3) is 3.61. The van der Waals surface area contributed by atoms with Crippen LogP contribution in [0, 0.1) is 11.3 Å². The molecule has 2 rings (SSSR count). The summed E-state index contributed by atoms with van der Waals surface area (Å²) in [6.07, 6.45) is 0.442. The second kappa shape index (κ2) is 6.40. The van der Waals surface area contributed by atoms with E-state index in [0.717, 1.165) is 6.42 Å². The van der Waals surface area contributed by atoms with Crippen molar-refractivity contribution >= 4 is 27.8 Å². The molecule has 1 N–H and O–H groups in total. The topological polar surface area (TPSA) is 83.2 Å². The van der Waals surface area contributed by atoms with Gasteiger partial charge in [0.1, 0.15) is 27.7 Å². The number of halogens is 1. The zero-order valence-electron chi connectivity index (χ0n) is 14.1. The Kier molecular flexibility index (Phi) is 4.90. The van der Waals surface area contributed by atoms with Gasteiger partial charge in [0, 0.05) is 19.6 Å². The normalized spacial score (nSPS) is 21.2. The Bertz CT molecular complexity index is 644. The number of carbonyl (C=O) groups is 1. The maximum atomic E-state index is 12.3. The van der Waals surface area contributed by atoms with Gasteiger partial charge < -0.3 is 15.0 Å². The van der Waals surface area contributed by atoms with Gasteiger partial charge in [-0.3, -0.25) is 0 Å². The number of rotatable bonds is 2. The molecule has 23 heavy (non-hydrogen) atoms. The summed E-state index contributed by atoms with van der Waals surface area (Å²) in [5.41, 5.74) is -0.0517. The highest BCUT2D eigenvalue weighted by Gasteiger charge is 2.37. The predicted molar refractivity (Wildman–Crippen MR) is 90.2 cm³/mol. The minimum atomic E-state index is -0.520. The van der Waals surface area contributed by atoms with Gasteiger partial charge in [0.05, 0.1) is 6.04 Å². The molecule has 2 heterocycles. The fourth-order valence-electron chi connectivity index (χ4n) is 2.76. The van der Waals surface area contributed by atoms with E-state index in [0.29, 0.717) is 22.5 Å². The number of hydrogen-bond acceptors (Lipinski definition) is 5. The van der Waals surface area contributed by atoms with Gasteiger partial charge in [-0.05, 0) is 50.0 Å². The summed E-state index contributed by atoms with van der Waals surface area (Å²) in [6.45, 7) is 8.06. The first-order chi connectivity index (χ1) is 10.7. The lowest BCUT2D eigenvalue weighted by Crippen LogP contribution is -2.39. The van der Waals surface area contributed by atoms with Crippen LogP contribution in [0.1, 0.15) is 45.7 Å². The van der Waals surface area contributed by atoms with E-state index in [-0.39, 0.29) is 18.2 Å². The number of ether oxygens (including phenoxy) is 1. The third-order valence-electron chi connectivity index (χ3n) is 3.74. The number of hydrogen-bond donors (Lipinski definition) is 1. The van der Waals surface area contributed by atoms with Crippen LogP contribution in [-0.4, -0.2) is 46.0 Å². The van der Waals surface area contributed by atoms with Gasteiger partial charge in [0.2, 0.25) is 0 Å².